The van der Waals surface area contributed by atoms with Crippen molar-refractivity contribution in [1.82, 2.24) is 14.6 Å². The minimum Gasteiger partial charge on any atom is -0.496 e. The molecule has 96 valence electrons. The molecule has 0 spiro atoms. The molecule has 0 unspecified atom stereocenters. The Morgan fingerprint density at radius 2 is 2.05 bits per heavy atom. The van der Waals surface area contributed by atoms with E-state index in [0.29, 0.717) is 11.3 Å². The largest absolute Gasteiger partial charge is 0.496 e. The lowest BCUT2D eigenvalue weighted by atomic mass is 10.1. The molecule has 1 N–H and O–H groups in total. The van der Waals surface area contributed by atoms with Crippen molar-refractivity contribution in [1.29, 1.82) is 0 Å². The maximum absolute atomic E-state index is 9.26. The van der Waals surface area contributed by atoms with Crippen molar-refractivity contribution < 1.29 is 9.84 Å². The molecular formula is C14H13N3O2. The molecule has 0 amide bonds. The summed E-state index contributed by atoms with van der Waals surface area (Å²) in [5.41, 5.74) is 3.05. The number of methoxy groups -OCH3 is 1. The minimum absolute atomic E-state index is 0.0937. The third kappa shape index (κ3) is 1.94. The van der Waals surface area contributed by atoms with Crippen LogP contribution in [-0.2, 0) is 6.61 Å². The van der Waals surface area contributed by atoms with Crippen LogP contribution >= 0.6 is 0 Å². The zero-order chi connectivity index (χ0) is 13.2. The average molecular weight is 255 g/mol. The van der Waals surface area contributed by atoms with E-state index >= 15 is 0 Å². The normalized spacial score (nSPS) is 10.8. The molecule has 0 aliphatic rings. The summed E-state index contributed by atoms with van der Waals surface area (Å²) in [5, 5.41) is 13.8. The Morgan fingerprint density at radius 1 is 1.21 bits per heavy atom. The topological polar surface area (TPSA) is 59.7 Å². The lowest BCUT2D eigenvalue weighted by molar-refractivity contribution is 0.274. The Hall–Kier alpha value is -2.40. The van der Waals surface area contributed by atoms with Crippen molar-refractivity contribution in [3.05, 3.63) is 48.3 Å². The Balaban J connectivity index is 2.19. The molecule has 2 aromatic heterocycles. The number of fused-ring (bicyclic) bond motifs is 1. The first-order valence-electron chi connectivity index (χ1n) is 5.91. The van der Waals surface area contributed by atoms with Crippen molar-refractivity contribution in [2.75, 3.05) is 7.11 Å². The monoisotopic (exact) mass is 255 g/mol. The van der Waals surface area contributed by atoms with Crippen LogP contribution in [0.4, 0.5) is 0 Å². The second-order valence-electron chi connectivity index (χ2n) is 4.10. The van der Waals surface area contributed by atoms with Gasteiger partial charge in [0.25, 0.3) is 0 Å². The molecule has 5 nitrogen and oxygen atoms in total. The van der Waals surface area contributed by atoms with Crippen LogP contribution in [0.3, 0.4) is 0 Å². The third-order valence-electron chi connectivity index (χ3n) is 2.98. The van der Waals surface area contributed by atoms with Crippen LogP contribution in [0.5, 0.6) is 5.75 Å². The highest BCUT2D eigenvalue weighted by atomic mass is 16.5. The fourth-order valence-electron chi connectivity index (χ4n) is 2.03. The Kier molecular flexibility index (Phi) is 2.89. The number of rotatable bonds is 3. The van der Waals surface area contributed by atoms with Crippen molar-refractivity contribution in [3.63, 3.8) is 0 Å². The average Bonchev–Trinajstić information content (AvgIpc) is 2.89. The van der Waals surface area contributed by atoms with E-state index in [9.17, 15) is 5.11 Å². The van der Waals surface area contributed by atoms with E-state index in [0.717, 1.165) is 17.0 Å². The molecule has 0 atom stereocenters. The maximum Gasteiger partial charge on any atom is 0.153 e. The maximum atomic E-state index is 9.26. The fraction of sp³-hybridized carbons (Fsp3) is 0.143. The van der Waals surface area contributed by atoms with Gasteiger partial charge in [-0.1, -0.05) is 12.1 Å². The zero-order valence-electron chi connectivity index (χ0n) is 10.4. The molecular weight excluding hydrogens is 242 g/mol. The highest BCUT2D eigenvalue weighted by Crippen LogP contribution is 2.28. The molecule has 0 fully saturated rings. The van der Waals surface area contributed by atoms with Gasteiger partial charge in [-0.05, 0) is 24.3 Å². The molecule has 1 aromatic carbocycles. The summed E-state index contributed by atoms with van der Waals surface area (Å²) < 4.78 is 6.98. The van der Waals surface area contributed by atoms with Gasteiger partial charge in [-0.3, -0.25) is 0 Å². The predicted octanol–water partition coefficient (Wildman–Crippen LogP) is 1.90. The van der Waals surface area contributed by atoms with Crippen LogP contribution in [-0.4, -0.2) is 26.8 Å². The number of ether oxygens (including phenoxy) is 1. The standard InChI is InChI=1S/C14H13N3O2/c1-19-13-5-3-2-4-11(13)12-6-7-14-15-8-10(9-18)17(14)16-12/h2-8,18H,9H2,1H3. The van der Waals surface area contributed by atoms with Crippen molar-refractivity contribution in [2.24, 2.45) is 0 Å². The number of aliphatic hydroxyl groups excluding tert-OH is 1. The van der Waals surface area contributed by atoms with Gasteiger partial charge in [0.2, 0.25) is 0 Å². The van der Waals surface area contributed by atoms with Crippen LogP contribution in [0.1, 0.15) is 5.69 Å². The second-order valence-corrected chi connectivity index (χ2v) is 4.10. The van der Waals surface area contributed by atoms with Gasteiger partial charge in [-0.25, -0.2) is 9.50 Å². The molecule has 5 heteroatoms. The molecule has 0 aliphatic carbocycles. The SMILES string of the molecule is COc1ccccc1-c1ccc2ncc(CO)n2n1. The van der Waals surface area contributed by atoms with Crippen LogP contribution in [0.2, 0.25) is 0 Å². The molecule has 19 heavy (non-hydrogen) atoms. The Labute approximate surface area is 110 Å². The Bertz CT molecular complexity index is 722. The van der Waals surface area contributed by atoms with E-state index < -0.39 is 0 Å². The molecule has 0 saturated heterocycles. The molecule has 0 aliphatic heterocycles. The molecule has 2 heterocycles. The first-order chi connectivity index (χ1) is 9.33. The number of nitrogens with zero attached hydrogens (tertiary/aromatic N) is 3. The van der Waals surface area contributed by atoms with Gasteiger partial charge >= 0.3 is 0 Å². The fourth-order valence-corrected chi connectivity index (χ4v) is 2.03. The van der Waals surface area contributed by atoms with Gasteiger partial charge in [-0.2, -0.15) is 5.10 Å². The van der Waals surface area contributed by atoms with Crippen LogP contribution < -0.4 is 4.74 Å². The number of imidazole rings is 1. The van der Waals surface area contributed by atoms with E-state index in [1.807, 2.05) is 36.4 Å². The van der Waals surface area contributed by atoms with E-state index in [2.05, 4.69) is 10.1 Å². The zero-order valence-corrected chi connectivity index (χ0v) is 10.4. The molecule has 3 rings (SSSR count). The summed E-state index contributed by atoms with van der Waals surface area (Å²) in [6, 6.07) is 11.4. The number of para-hydroxylation sites is 1. The van der Waals surface area contributed by atoms with Crippen molar-refractivity contribution in [3.8, 4) is 17.0 Å². The van der Waals surface area contributed by atoms with Gasteiger partial charge in [0.05, 0.1) is 31.3 Å². The van der Waals surface area contributed by atoms with Crippen molar-refractivity contribution >= 4 is 5.65 Å². The van der Waals surface area contributed by atoms with Gasteiger partial charge in [0.15, 0.2) is 5.65 Å². The summed E-state index contributed by atoms with van der Waals surface area (Å²) in [6.45, 7) is -0.0937. The lowest BCUT2D eigenvalue weighted by Crippen LogP contribution is -1.99. The molecule has 0 saturated carbocycles. The number of aromatic nitrogens is 3. The first-order valence-corrected chi connectivity index (χ1v) is 5.91. The summed E-state index contributed by atoms with van der Waals surface area (Å²) in [5.74, 6) is 0.764. The van der Waals surface area contributed by atoms with E-state index in [1.54, 1.807) is 17.8 Å². The number of benzene rings is 1. The van der Waals surface area contributed by atoms with E-state index in [4.69, 9.17) is 4.74 Å². The van der Waals surface area contributed by atoms with Gasteiger partial charge in [0.1, 0.15) is 5.75 Å². The lowest BCUT2D eigenvalue weighted by Gasteiger charge is -2.08. The van der Waals surface area contributed by atoms with E-state index in [-0.39, 0.29) is 6.61 Å². The van der Waals surface area contributed by atoms with Crippen LogP contribution in [0, 0.1) is 0 Å². The highest BCUT2D eigenvalue weighted by Gasteiger charge is 2.09. The summed E-state index contributed by atoms with van der Waals surface area (Å²) in [7, 11) is 1.63. The number of aliphatic hydroxyl groups is 1. The number of hydrogen-bond acceptors (Lipinski definition) is 4. The molecule has 0 radical (unpaired) electrons. The van der Waals surface area contributed by atoms with Gasteiger partial charge in [-0.15, -0.1) is 0 Å². The van der Waals surface area contributed by atoms with Crippen LogP contribution in [0.15, 0.2) is 42.6 Å². The second kappa shape index (κ2) is 4.70. The van der Waals surface area contributed by atoms with Gasteiger partial charge < -0.3 is 9.84 Å². The predicted molar refractivity (Wildman–Crippen MR) is 70.9 cm³/mol. The summed E-state index contributed by atoms with van der Waals surface area (Å²) >= 11 is 0. The summed E-state index contributed by atoms with van der Waals surface area (Å²) in [6.07, 6.45) is 1.62. The highest BCUT2D eigenvalue weighted by molar-refractivity contribution is 5.67. The Morgan fingerprint density at radius 3 is 2.84 bits per heavy atom. The van der Waals surface area contributed by atoms with E-state index in [1.165, 1.54) is 0 Å². The quantitative estimate of drug-likeness (QED) is 0.776. The molecule has 0 bridgehead atoms. The summed E-state index contributed by atoms with van der Waals surface area (Å²) in [4.78, 5) is 4.18. The first kappa shape index (κ1) is 11.7. The molecule has 3 aromatic rings. The minimum atomic E-state index is -0.0937. The van der Waals surface area contributed by atoms with Crippen molar-refractivity contribution in [2.45, 2.75) is 6.61 Å². The van der Waals surface area contributed by atoms with Crippen LogP contribution in [0.25, 0.3) is 16.9 Å². The number of hydrogen-bond donors (Lipinski definition) is 1. The third-order valence-corrected chi connectivity index (χ3v) is 2.98. The van der Waals surface area contributed by atoms with Gasteiger partial charge in [0, 0.05) is 5.56 Å². The smallest absolute Gasteiger partial charge is 0.153 e.